The van der Waals surface area contributed by atoms with E-state index in [2.05, 4.69) is 26.1 Å². The van der Waals surface area contributed by atoms with Gasteiger partial charge >= 0.3 is 0 Å². The monoisotopic (exact) mass is 522 g/mol. The number of unbranched alkanes of at least 4 members (excludes halogenated alkanes) is 2. The number of carbonyl (C=O) groups excluding carboxylic acids is 1. The average molecular weight is 523 g/mol. The lowest BCUT2D eigenvalue weighted by atomic mass is 9.89. The molecule has 0 spiro atoms. The van der Waals surface area contributed by atoms with Gasteiger partial charge in [0.1, 0.15) is 18.2 Å². The Kier molecular flexibility index (Phi) is 11.5. The van der Waals surface area contributed by atoms with Crippen LogP contribution in [0, 0.1) is 11.3 Å². The number of carbonyl (C=O) groups is 1. The molecule has 0 aromatic heterocycles. The third-order valence-electron chi connectivity index (χ3n) is 7.51. The van der Waals surface area contributed by atoms with Gasteiger partial charge in [0, 0.05) is 30.7 Å². The zero-order valence-electron chi connectivity index (χ0n) is 23.4. The molecule has 3 rings (SSSR count). The molecule has 2 aromatic carbocycles. The van der Waals surface area contributed by atoms with E-state index in [1.165, 1.54) is 0 Å². The Morgan fingerprint density at radius 3 is 2.45 bits per heavy atom. The highest BCUT2D eigenvalue weighted by atomic mass is 16.5. The summed E-state index contributed by atoms with van der Waals surface area (Å²) in [7, 11) is 0. The molecular formula is C31H46N4O3. The minimum atomic E-state index is -0.187. The van der Waals surface area contributed by atoms with Crippen LogP contribution in [-0.4, -0.2) is 58.7 Å². The van der Waals surface area contributed by atoms with Crippen LogP contribution >= 0.6 is 0 Å². The van der Waals surface area contributed by atoms with Crippen molar-refractivity contribution < 1.29 is 14.6 Å². The SMILES string of the molecule is CCCCC(C)(CCCC)NC(=N)N(CO)CCC1CCN(C(=O)c2cccc(Oc3ccccc3)c2)C1. The summed E-state index contributed by atoms with van der Waals surface area (Å²) in [6, 6.07) is 16.9. The molecule has 1 heterocycles. The first-order valence-corrected chi connectivity index (χ1v) is 14.2. The predicted octanol–water partition coefficient (Wildman–Crippen LogP) is 6.25. The second kappa shape index (κ2) is 14.8. The summed E-state index contributed by atoms with van der Waals surface area (Å²) in [4.78, 5) is 16.8. The number of rotatable bonds is 14. The molecular weight excluding hydrogens is 476 g/mol. The van der Waals surface area contributed by atoms with Crippen LogP contribution in [-0.2, 0) is 0 Å². The predicted molar refractivity (Wildman–Crippen MR) is 154 cm³/mol. The Labute approximate surface area is 228 Å². The number of amides is 1. The summed E-state index contributed by atoms with van der Waals surface area (Å²) >= 11 is 0. The number of likely N-dealkylation sites (tertiary alicyclic amines) is 1. The first-order valence-electron chi connectivity index (χ1n) is 14.2. The maximum atomic E-state index is 13.2. The standard InChI is InChI=1S/C31H46N4O3/c1-4-6-18-31(3,19-7-5-2)33-30(32)35(24-36)21-17-25-16-20-34(23-25)29(37)26-12-11-15-28(22-26)38-27-13-9-8-10-14-27/h8-15,22,25,36H,4-7,16-21,23-24H2,1-3H3,(H2,32,33). The van der Waals surface area contributed by atoms with Gasteiger partial charge in [0.25, 0.3) is 5.91 Å². The third kappa shape index (κ3) is 8.76. The van der Waals surface area contributed by atoms with E-state index < -0.39 is 0 Å². The molecule has 1 amide bonds. The average Bonchev–Trinajstić information content (AvgIpc) is 3.40. The number of hydrogen-bond donors (Lipinski definition) is 3. The Balaban J connectivity index is 1.51. The van der Waals surface area contributed by atoms with Crippen LogP contribution in [0.15, 0.2) is 54.6 Å². The molecule has 1 atom stereocenters. The van der Waals surface area contributed by atoms with Crippen molar-refractivity contribution in [1.29, 1.82) is 5.41 Å². The Hall–Kier alpha value is -3.06. The summed E-state index contributed by atoms with van der Waals surface area (Å²) in [5.74, 6) is 2.04. The van der Waals surface area contributed by atoms with Gasteiger partial charge in [0.05, 0.1) is 0 Å². The first-order chi connectivity index (χ1) is 18.4. The fourth-order valence-electron chi connectivity index (χ4n) is 5.09. The minimum Gasteiger partial charge on any atom is -0.457 e. The quantitative estimate of drug-likeness (QED) is 0.155. The molecule has 3 N–H and O–H groups in total. The van der Waals surface area contributed by atoms with Gasteiger partial charge in [-0.3, -0.25) is 10.2 Å². The van der Waals surface area contributed by atoms with Gasteiger partial charge in [-0.1, -0.05) is 63.8 Å². The molecule has 7 nitrogen and oxygen atoms in total. The number of aliphatic hydroxyl groups is 1. The summed E-state index contributed by atoms with van der Waals surface area (Å²) in [5.41, 5.74) is 0.492. The summed E-state index contributed by atoms with van der Waals surface area (Å²) < 4.78 is 5.90. The Morgan fingerprint density at radius 1 is 1.11 bits per heavy atom. The van der Waals surface area contributed by atoms with Gasteiger partial charge < -0.3 is 25.0 Å². The van der Waals surface area contributed by atoms with Crippen molar-refractivity contribution in [2.75, 3.05) is 26.4 Å². The highest BCUT2D eigenvalue weighted by Crippen LogP contribution is 2.26. The van der Waals surface area contributed by atoms with E-state index in [-0.39, 0.29) is 18.2 Å². The van der Waals surface area contributed by atoms with Gasteiger partial charge in [-0.2, -0.15) is 0 Å². The van der Waals surface area contributed by atoms with Crippen LogP contribution in [0.3, 0.4) is 0 Å². The van der Waals surface area contributed by atoms with Gasteiger partial charge in [0.15, 0.2) is 5.96 Å². The minimum absolute atomic E-state index is 0.0158. The topological polar surface area (TPSA) is 88.9 Å². The zero-order chi connectivity index (χ0) is 27.4. The Bertz CT molecular complexity index is 1010. The summed E-state index contributed by atoms with van der Waals surface area (Å²) in [6.45, 7) is 8.39. The molecule has 1 aliphatic heterocycles. The zero-order valence-corrected chi connectivity index (χ0v) is 23.4. The highest BCUT2D eigenvalue weighted by molar-refractivity contribution is 5.94. The largest absolute Gasteiger partial charge is 0.457 e. The number of benzene rings is 2. The number of nitrogens with zero attached hydrogens (tertiary/aromatic N) is 2. The van der Waals surface area contributed by atoms with E-state index in [1.807, 2.05) is 53.4 Å². The molecule has 1 fully saturated rings. The van der Waals surface area contributed by atoms with Crippen molar-refractivity contribution in [3.63, 3.8) is 0 Å². The lowest BCUT2D eigenvalue weighted by molar-refractivity contribution is 0.0784. The van der Waals surface area contributed by atoms with E-state index in [1.54, 1.807) is 11.0 Å². The number of ether oxygens (including phenoxy) is 1. The van der Waals surface area contributed by atoms with Crippen molar-refractivity contribution in [3.05, 3.63) is 60.2 Å². The van der Waals surface area contributed by atoms with Crippen LogP contribution in [0.1, 0.15) is 82.5 Å². The highest BCUT2D eigenvalue weighted by Gasteiger charge is 2.29. The number of para-hydroxylation sites is 1. The maximum absolute atomic E-state index is 13.2. The van der Waals surface area contributed by atoms with E-state index in [9.17, 15) is 9.90 Å². The van der Waals surface area contributed by atoms with Crippen LogP contribution in [0.2, 0.25) is 0 Å². The van der Waals surface area contributed by atoms with Crippen LogP contribution in [0.5, 0.6) is 11.5 Å². The second-order valence-electron chi connectivity index (χ2n) is 10.8. The number of guanidine groups is 1. The van der Waals surface area contributed by atoms with Crippen molar-refractivity contribution >= 4 is 11.9 Å². The molecule has 38 heavy (non-hydrogen) atoms. The maximum Gasteiger partial charge on any atom is 0.253 e. The number of aliphatic hydroxyl groups excluding tert-OH is 1. The van der Waals surface area contributed by atoms with Gasteiger partial charge in [-0.05, 0) is 68.9 Å². The fraction of sp³-hybridized carbons (Fsp3) is 0.548. The molecule has 1 unspecified atom stereocenters. The molecule has 7 heteroatoms. The van der Waals surface area contributed by atoms with E-state index >= 15 is 0 Å². The van der Waals surface area contributed by atoms with E-state index in [0.717, 1.165) is 57.1 Å². The van der Waals surface area contributed by atoms with Crippen LogP contribution < -0.4 is 10.1 Å². The third-order valence-corrected chi connectivity index (χ3v) is 7.51. The number of hydrogen-bond acceptors (Lipinski definition) is 4. The molecule has 208 valence electrons. The smallest absolute Gasteiger partial charge is 0.253 e. The number of nitrogens with one attached hydrogen (secondary N) is 2. The van der Waals surface area contributed by atoms with E-state index in [4.69, 9.17) is 10.1 Å². The van der Waals surface area contributed by atoms with E-state index in [0.29, 0.717) is 42.8 Å². The molecule has 0 radical (unpaired) electrons. The van der Waals surface area contributed by atoms with Gasteiger partial charge in [-0.25, -0.2) is 0 Å². The molecule has 1 aliphatic rings. The Morgan fingerprint density at radius 2 is 1.79 bits per heavy atom. The normalized spacial score (nSPS) is 15.4. The van der Waals surface area contributed by atoms with Crippen LogP contribution in [0.25, 0.3) is 0 Å². The molecule has 1 saturated heterocycles. The molecule has 0 saturated carbocycles. The molecule has 0 bridgehead atoms. The lowest BCUT2D eigenvalue weighted by Crippen LogP contribution is -2.52. The fourth-order valence-corrected chi connectivity index (χ4v) is 5.09. The van der Waals surface area contributed by atoms with Crippen molar-refractivity contribution in [2.24, 2.45) is 5.92 Å². The van der Waals surface area contributed by atoms with Crippen molar-refractivity contribution in [1.82, 2.24) is 15.1 Å². The van der Waals surface area contributed by atoms with Crippen molar-refractivity contribution in [3.8, 4) is 11.5 Å². The molecule has 2 aromatic rings. The van der Waals surface area contributed by atoms with Crippen LogP contribution in [0.4, 0.5) is 0 Å². The second-order valence-corrected chi connectivity index (χ2v) is 10.8. The first kappa shape index (κ1) is 29.5. The lowest BCUT2D eigenvalue weighted by Gasteiger charge is -2.35. The summed E-state index contributed by atoms with van der Waals surface area (Å²) in [6.07, 6.45) is 8.27. The van der Waals surface area contributed by atoms with Gasteiger partial charge in [0.2, 0.25) is 0 Å². The van der Waals surface area contributed by atoms with Gasteiger partial charge in [-0.15, -0.1) is 0 Å². The van der Waals surface area contributed by atoms with Crippen molar-refractivity contribution in [2.45, 2.75) is 77.7 Å². The summed E-state index contributed by atoms with van der Waals surface area (Å²) in [5, 5.41) is 22.1. The molecule has 0 aliphatic carbocycles.